The molecule has 1 heterocycles. The smallest absolute Gasteiger partial charge is 0.334 e. The standard InChI is InChI=1S/C14H16ClN3O2/c1-3-20-14(19)13(12-8-16-9-18(12)2)17-11-6-4-10(15)5-7-11/h4-9,13,17H,3H2,1-2H3. The Morgan fingerprint density at radius 2 is 2.15 bits per heavy atom. The van der Waals surface area contributed by atoms with E-state index in [9.17, 15) is 4.79 Å². The third-order valence-corrected chi connectivity index (χ3v) is 3.08. The van der Waals surface area contributed by atoms with Gasteiger partial charge in [-0.1, -0.05) is 11.6 Å². The van der Waals surface area contributed by atoms with E-state index >= 15 is 0 Å². The highest BCUT2D eigenvalue weighted by atomic mass is 35.5. The minimum absolute atomic E-state index is 0.329. The van der Waals surface area contributed by atoms with Gasteiger partial charge in [-0.3, -0.25) is 0 Å². The predicted molar refractivity (Wildman–Crippen MR) is 77.7 cm³/mol. The molecule has 0 saturated heterocycles. The molecule has 1 unspecified atom stereocenters. The van der Waals surface area contributed by atoms with Gasteiger partial charge in [0.2, 0.25) is 0 Å². The molecule has 106 valence electrons. The number of hydrogen-bond acceptors (Lipinski definition) is 4. The Bertz CT molecular complexity index is 580. The summed E-state index contributed by atoms with van der Waals surface area (Å²) >= 11 is 5.85. The van der Waals surface area contributed by atoms with Crippen molar-refractivity contribution in [2.24, 2.45) is 7.05 Å². The van der Waals surface area contributed by atoms with Crippen LogP contribution >= 0.6 is 11.6 Å². The Kier molecular flexibility index (Phi) is 4.63. The first-order chi connectivity index (χ1) is 9.61. The summed E-state index contributed by atoms with van der Waals surface area (Å²) in [5.74, 6) is -0.342. The number of nitrogens with zero attached hydrogens (tertiary/aromatic N) is 2. The molecule has 0 saturated carbocycles. The second kappa shape index (κ2) is 6.43. The molecule has 20 heavy (non-hydrogen) atoms. The summed E-state index contributed by atoms with van der Waals surface area (Å²) in [7, 11) is 1.83. The second-order valence-electron chi connectivity index (χ2n) is 4.27. The van der Waals surface area contributed by atoms with E-state index in [0.29, 0.717) is 11.6 Å². The third kappa shape index (κ3) is 3.30. The number of imidazole rings is 1. The number of hydrogen-bond donors (Lipinski definition) is 1. The average molecular weight is 294 g/mol. The molecule has 0 amide bonds. The molecule has 1 atom stereocenters. The fraction of sp³-hybridized carbons (Fsp3) is 0.286. The predicted octanol–water partition coefficient (Wildman–Crippen LogP) is 2.79. The Balaban J connectivity index is 2.25. The lowest BCUT2D eigenvalue weighted by atomic mass is 10.2. The molecule has 0 radical (unpaired) electrons. The lowest BCUT2D eigenvalue weighted by Gasteiger charge is -2.18. The van der Waals surface area contributed by atoms with Crippen LogP contribution in [0.1, 0.15) is 18.7 Å². The lowest BCUT2D eigenvalue weighted by molar-refractivity contribution is -0.144. The molecule has 1 aromatic heterocycles. The second-order valence-corrected chi connectivity index (χ2v) is 4.70. The van der Waals surface area contributed by atoms with Gasteiger partial charge in [0, 0.05) is 17.8 Å². The molecule has 0 fully saturated rings. The van der Waals surface area contributed by atoms with Gasteiger partial charge in [-0.15, -0.1) is 0 Å². The number of rotatable bonds is 5. The lowest BCUT2D eigenvalue weighted by Crippen LogP contribution is -2.25. The number of nitrogens with one attached hydrogen (secondary N) is 1. The Morgan fingerprint density at radius 3 is 2.70 bits per heavy atom. The summed E-state index contributed by atoms with van der Waals surface area (Å²) in [5, 5.41) is 3.78. The number of benzene rings is 1. The molecule has 6 heteroatoms. The van der Waals surface area contributed by atoms with Crippen molar-refractivity contribution in [2.75, 3.05) is 11.9 Å². The molecule has 2 rings (SSSR count). The quantitative estimate of drug-likeness (QED) is 0.861. The number of carbonyl (C=O) groups excluding carboxylic acids is 1. The Labute approximate surface area is 122 Å². The molecule has 0 spiro atoms. The van der Waals surface area contributed by atoms with Gasteiger partial charge in [0.1, 0.15) is 0 Å². The minimum Gasteiger partial charge on any atom is -0.464 e. The molecular weight excluding hydrogens is 278 g/mol. The summed E-state index contributed by atoms with van der Waals surface area (Å²) in [5.41, 5.74) is 1.52. The fourth-order valence-electron chi connectivity index (χ4n) is 1.84. The van der Waals surface area contributed by atoms with E-state index in [2.05, 4.69) is 10.3 Å². The van der Waals surface area contributed by atoms with E-state index in [-0.39, 0.29) is 5.97 Å². The number of aryl methyl sites for hydroxylation is 1. The monoisotopic (exact) mass is 293 g/mol. The zero-order chi connectivity index (χ0) is 14.5. The molecule has 5 nitrogen and oxygen atoms in total. The van der Waals surface area contributed by atoms with Crippen LogP contribution in [0.3, 0.4) is 0 Å². The van der Waals surface area contributed by atoms with Crippen LogP contribution in [0.4, 0.5) is 5.69 Å². The van der Waals surface area contributed by atoms with Crippen LogP contribution in [-0.2, 0) is 16.6 Å². The summed E-state index contributed by atoms with van der Waals surface area (Å²) in [6.07, 6.45) is 3.29. The molecular formula is C14H16ClN3O2. The van der Waals surface area contributed by atoms with Crippen molar-refractivity contribution in [2.45, 2.75) is 13.0 Å². The first-order valence-electron chi connectivity index (χ1n) is 6.26. The van der Waals surface area contributed by atoms with Gasteiger partial charge in [-0.25, -0.2) is 9.78 Å². The SMILES string of the molecule is CCOC(=O)C(Nc1ccc(Cl)cc1)c1cncn1C. The van der Waals surface area contributed by atoms with Crippen LogP contribution < -0.4 is 5.32 Å². The Morgan fingerprint density at radius 1 is 1.45 bits per heavy atom. The summed E-state index contributed by atoms with van der Waals surface area (Å²) in [4.78, 5) is 16.1. The van der Waals surface area contributed by atoms with Crippen LogP contribution in [0.15, 0.2) is 36.8 Å². The van der Waals surface area contributed by atoms with E-state index < -0.39 is 6.04 Å². The number of esters is 1. The van der Waals surface area contributed by atoms with Crippen LogP contribution in [-0.4, -0.2) is 22.1 Å². The first-order valence-corrected chi connectivity index (χ1v) is 6.64. The third-order valence-electron chi connectivity index (χ3n) is 2.83. The van der Waals surface area contributed by atoms with Crippen LogP contribution in [0.2, 0.25) is 5.02 Å². The average Bonchev–Trinajstić information content (AvgIpc) is 2.84. The van der Waals surface area contributed by atoms with Crippen LogP contribution in [0, 0.1) is 0 Å². The molecule has 0 bridgehead atoms. The number of halogens is 1. The normalized spacial score (nSPS) is 11.9. The van der Waals surface area contributed by atoms with Crippen molar-refractivity contribution in [1.82, 2.24) is 9.55 Å². The maximum absolute atomic E-state index is 12.1. The van der Waals surface area contributed by atoms with Crippen LogP contribution in [0.25, 0.3) is 0 Å². The largest absolute Gasteiger partial charge is 0.464 e. The van der Waals surface area contributed by atoms with Gasteiger partial charge in [0.05, 0.1) is 24.8 Å². The summed E-state index contributed by atoms with van der Waals surface area (Å²) in [6, 6.07) is 6.53. The maximum Gasteiger partial charge on any atom is 0.334 e. The van der Waals surface area contributed by atoms with Gasteiger partial charge < -0.3 is 14.6 Å². The first kappa shape index (κ1) is 14.4. The highest BCUT2D eigenvalue weighted by molar-refractivity contribution is 6.30. The Hall–Kier alpha value is -2.01. The van der Waals surface area contributed by atoms with E-state index in [4.69, 9.17) is 16.3 Å². The topological polar surface area (TPSA) is 56.1 Å². The van der Waals surface area contributed by atoms with Crippen molar-refractivity contribution < 1.29 is 9.53 Å². The zero-order valence-corrected chi connectivity index (χ0v) is 12.1. The van der Waals surface area contributed by atoms with E-state index in [0.717, 1.165) is 11.4 Å². The van der Waals surface area contributed by atoms with E-state index in [1.54, 1.807) is 36.1 Å². The number of anilines is 1. The molecule has 2 aromatic rings. The van der Waals surface area contributed by atoms with Gasteiger partial charge in [-0.05, 0) is 31.2 Å². The van der Waals surface area contributed by atoms with E-state index in [1.165, 1.54) is 0 Å². The van der Waals surface area contributed by atoms with Crippen molar-refractivity contribution >= 4 is 23.3 Å². The van der Waals surface area contributed by atoms with Gasteiger partial charge in [0.25, 0.3) is 0 Å². The summed E-state index contributed by atoms with van der Waals surface area (Å²) < 4.78 is 6.89. The molecule has 0 aliphatic heterocycles. The molecule has 0 aliphatic carbocycles. The fourth-order valence-corrected chi connectivity index (χ4v) is 1.96. The number of aromatic nitrogens is 2. The van der Waals surface area contributed by atoms with E-state index in [1.807, 2.05) is 19.2 Å². The van der Waals surface area contributed by atoms with Gasteiger partial charge >= 0.3 is 5.97 Å². The number of ether oxygens (including phenoxy) is 1. The molecule has 1 aromatic carbocycles. The zero-order valence-electron chi connectivity index (χ0n) is 11.3. The highest BCUT2D eigenvalue weighted by Gasteiger charge is 2.24. The summed E-state index contributed by atoms with van der Waals surface area (Å²) in [6.45, 7) is 2.11. The molecule has 1 N–H and O–H groups in total. The highest BCUT2D eigenvalue weighted by Crippen LogP contribution is 2.22. The van der Waals surface area contributed by atoms with Crippen molar-refractivity contribution in [3.05, 3.63) is 47.5 Å². The van der Waals surface area contributed by atoms with Crippen LogP contribution in [0.5, 0.6) is 0 Å². The van der Waals surface area contributed by atoms with Gasteiger partial charge in [0.15, 0.2) is 6.04 Å². The number of carbonyl (C=O) groups is 1. The molecule has 0 aliphatic rings. The van der Waals surface area contributed by atoms with Crippen molar-refractivity contribution in [3.8, 4) is 0 Å². The van der Waals surface area contributed by atoms with Gasteiger partial charge in [-0.2, -0.15) is 0 Å². The van der Waals surface area contributed by atoms with Crippen molar-refractivity contribution in [3.63, 3.8) is 0 Å². The maximum atomic E-state index is 12.1. The minimum atomic E-state index is -0.608. The van der Waals surface area contributed by atoms with Crippen molar-refractivity contribution in [1.29, 1.82) is 0 Å².